The van der Waals surface area contributed by atoms with Gasteiger partial charge in [0.25, 0.3) is 0 Å². The molecule has 0 heterocycles. The molecule has 0 radical (unpaired) electrons. The van der Waals surface area contributed by atoms with Gasteiger partial charge in [0.1, 0.15) is 11.9 Å². The van der Waals surface area contributed by atoms with Crippen LogP contribution < -0.4 is 0 Å². The van der Waals surface area contributed by atoms with Gasteiger partial charge in [-0.25, -0.2) is 4.39 Å². The maximum Gasteiger partial charge on any atom is 0.416 e. The van der Waals surface area contributed by atoms with E-state index in [9.17, 15) is 27.5 Å². The molecule has 2 atom stereocenters. The first-order chi connectivity index (χ1) is 11.7. The van der Waals surface area contributed by atoms with Crippen LogP contribution in [0.15, 0.2) is 53.6 Å². The van der Waals surface area contributed by atoms with Crippen molar-refractivity contribution < 1.29 is 27.5 Å². The summed E-state index contributed by atoms with van der Waals surface area (Å²) < 4.78 is 51.2. The van der Waals surface area contributed by atoms with Gasteiger partial charge in [-0.05, 0) is 40.9 Å². The maximum atomic E-state index is 13.1. The number of carboxylic acids is 1. The molecule has 0 aliphatic rings. The smallest absolute Gasteiger partial charge is 0.416 e. The fourth-order valence-electron chi connectivity index (χ4n) is 2.42. The van der Waals surface area contributed by atoms with Crippen molar-refractivity contribution >= 4 is 5.97 Å². The van der Waals surface area contributed by atoms with Gasteiger partial charge in [-0.15, -0.1) is 0 Å². The van der Waals surface area contributed by atoms with Crippen molar-refractivity contribution in [2.45, 2.75) is 18.1 Å². The number of azide groups is 1. The second-order valence-electron chi connectivity index (χ2n) is 5.14. The third-order valence-corrected chi connectivity index (χ3v) is 3.57. The second-order valence-corrected chi connectivity index (χ2v) is 5.14. The minimum atomic E-state index is -4.54. The van der Waals surface area contributed by atoms with Crippen LogP contribution in [0.4, 0.5) is 17.6 Å². The largest absolute Gasteiger partial charge is 0.481 e. The number of aliphatic carboxylic acids is 1. The highest BCUT2D eigenvalue weighted by molar-refractivity contribution is 5.76. The van der Waals surface area contributed by atoms with Gasteiger partial charge in [0.05, 0.1) is 5.56 Å². The Balaban J connectivity index is 2.56. The first-order valence-corrected chi connectivity index (χ1v) is 6.93. The number of alkyl halides is 3. The van der Waals surface area contributed by atoms with Gasteiger partial charge >= 0.3 is 12.1 Å². The Labute approximate surface area is 139 Å². The highest BCUT2D eigenvalue weighted by atomic mass is 19.4. The van der Waals surface area contributed by atoms with Crippen molar-refractivity contribution in [1.82, 2.24) is 0 Å². The molecule has 2 aromatic rings. The van der Waals surface area contributed by atoms with E-state index in [1.54, 1.807) is 0 Å². The molecule has 9 heteroatoms. The molecule has 2 rings (SSSR count). The molecule has 0 fully saturated rings. The summed E-state index contributed by atoms with van der Waals surface area (Å²) in [7, 11) is 0. The zero-order valence-electron chi connectivity index (χ0n) is 12.5. The standard InChI is InChI=1S/C16H11F4N3O2/c17-12-7-3-10(4-8-12)13(14(15(24)25)22-23-21)9-1-5-11(6-2-9)16(18,19)20/h1-8,13-14H,(H,24,25). The summed E-state index contributed by atoms with van der Waals surface area (Å²) in [6, 6.07) is 6.98. The topological polar surface area (TPSA) is 86.1 Å². The Morgan fingerprint density at radius 1 is 1.04 bits per heavy atom. The van der Waals surface area contributed by atoms with Crippen molar-refractivity contribution in [3.63, 3.8) is 0 Å². The predicted molar refractivity (Wildman–Crippen MR) is 80.3 cm³/mol. The second kappa shape index (κ2) is 7.23. The minimum Gasteiger partial charge on any atom is -0.481 e. The summed E-state index contributed by atoms with van der Waals surface area (Å²) in [6.07, 6.45) is -4.54. The highest BCUT2D eigenvalue weighted by Crippen LogP contribution is 2.34. The molecule has 2 aromatic carbocycles. The van der Waals surface area contributed by atoms with Crippen LogP contribution in [0.1, 0.15) is 22.6 Å². The Morgan fingerprint density at radius 2 is 1.52 bits per heavy atom. The van der Waals surface area contributed by atoms with Crippen LogP contribution in [0.3, 0.4) is 0 Å². The van der Waals surface area contributed by atoms with E-state index in [0.717, 1.165) is 36.4 Å². The molecule has 130 valence electrons. The molecule has 25 heavy (non-hydrogen) atoms. The van der Waals surface area contributed by atoms with Crippen LogP contribution in [-0.2, 0) is 11.0 Å². The number of carbonyl (C=O) groups is 1. The maximum absolute atomic E-state index is 13.1. The lowest BCUT2D eigenvalue weighted by Gasteiger charge is -2.22. The van der Waals surface area contributed by atoms with E-state index in [4.69, 9.17) is 5.53 Å². The van der Waals surface area contributed by atoms with Gasteiger partial charge in [0, 0.05) is 10.8 Å². The van der Waals surface area contributed by atoms with Gasteiger partial charge in [-0.2, -0.15) is 13.2 Å². The lowest BCUT2D eigenvalue weighted by molar-refractivity contribution is -0.139. The molecule has 0 aromatic heterocycles. The van der Waals surface area contributed by atoms with E-state index < -0.39 is 35.5 Å². The van der Waals surface area contributed by atoms with Crippen molar-refractivity contribution in [1.29, 1.82) is 0 Å². The molecule has 0 bridgehead atoms. The summed E-state index contributed by atoms with van der Waals surface area (Å²) in [5.41, 5.74) is 8.20. The number of nitrogens with zero attached hydrogens (tertiary/aromatic N) is 3. The van der Waals surface area contributed by atoms with Gasteiger partial charge in [-0.3, -0.25) is 4.79 Å². The van der Waals surface area contributed by atoms with Crippen molar-refractivity contribution in [2.24, 2.45) is 5.11 Å². The fourth-order valence-corrected chi connectivity index (χ4v) is 2.42. The van der Waals surface area contributed by atoms with Crippen LogP contribution in [0.5, 0.6) is 0 Å². The van der Waals surface area contributed by atoms with Crippen molar-refractivity contribution in [3.05, 3.63) is 81.5 Å². The molecule has 0 aliphatic carbocycles. The van der Waals surface area contributed by atoms with Crippen molar-refractivity contribution in [3.8, 4) is 0 Å². The van der Waals surface area contributed by atoms with E-state index in [1.165, 1.54) is 12.1 Å². The van der Waals surface area contributed by atoms with Crippen molar-refractivity contribution in [2.75, 3.05) is 0 Å². The summed E-state index contributed by atoms with van der Waals surface area (Å²) in [5.74, 6) is -3.09. The Bertz CT molecular complexity index is 796. The van der Waals surface area contributed by atoms with E-state index in [2.05, 4.69) is 10.0 Å². The molecule has 0 aliphatic heterocycles. The molecule has 0 amide bonds. The summed E-state index contributed by atoms with van der Waals surface area (Å²) in [5, 5.41) is 12.6. The van der Waals surface area contributed by atoms with Crippen LogP contribution in [0, 0.1) is 5.82 Å². The SMILES string of the molecule is [N-]=[N+]=NC(C(=O)O)C(c1ccc(F)cc1)c1ccc(C(F)(F)F)cc1. The Hall–Kier alpha value is -3.06. The van der Waals surface area contributed by atoms with Crippen LogP contribution in [-0.4, -0.2) is 17.1 Å². The fraction of sp³-hybridized carbons (Fsp3) is 0.188. The zero-order valence-corrected chi connectivity index (χ0v) is 12.5. The number of hydrogen-bond donors (Lipinski definition) is 1. The molecule has 0 saturated heterocycles. The molecular formula is C16H11F4N3O2. The number of carboxylic acid groups (broad SMARTS) is 1. The number of halogens is 4. The summed E-state index contributed by atoms with van der Waals surface area (Å²) in [6.45, 7) is 0. The van der Waals surface area contributed by atoms with Gasteiger partial charge in [0.15, 0.2) is 0 Å². The quantitative estimate of drug-likeness (QED) is 0.364. The minimum absolute atomic E-state index is 0.194. The number of benzene rings is 2. The summed E-state index contributed by atoms with van der Waals surface area (Å²) in [4.78, 5) is 13.9. The predicted octanol–water partition coefficient (Wildman–Crippen LogP) is 4.74. The number of hydrogen-bond acceptors (Lipinski definition) is 2. The zero-order chi connectivity index (χ0) is 18.6. The third-order valence-electron chi connectivity index (χ3n) is 3.57. The third kappa shape index (κ3) is 4.27. The van der Waals surface area contributed by atoms with E-state index in [0.29, 0.717) is 5.56 Å². The first kappa shape index (κ1) is 18.3. The highest BCUT2D eigenvalue weighted by Gasteiger charge is 2.33. The summed E-state index contributed by atoms with van der Waals surface area (Å²) >= 11 is 0. The molecule has 1 N–H and O–H groups in total. The number of rotatable bonds is 5. The average Bonchev–Trinajstić information content (AvgIpc) is 2.55. The van der Waals surface area contributed by atoms with E-state index in [1.807, 2.05) is 0 Å². The van der Waals surface area contributed by atoms with Gasteiger partial charge in [-0.1, -0.05) is 29.4 Å². The first-order valence-electron chi connectivity index (χ1n) is 6.93. The molecule has 2 unspecified atom stereocenters. The monoisotopic (exact) mass is 353 g/mol. The lowest BCUT2D eigenvalue weighted by atomic mass is 9.85. The van der Waals surface area contributed by atoms with Crippen LogP contribution >= 0.6 is 0 Å². The molecular weight excluding hydrogens is 342 g/mol. The van der Waals surface area contributed by atoms with Crippen LogP contribution in [0.2, 0.25) is 0 Å². The molecule has 0 saturated carbocycles. The Morgan fingerprint density at radius 3 is 1.92 bits per heavy atom. The Kier molecular flexibility index (Phi) is 5.29. The van der Waals surface area contributed by atoms with E-state index in [-0.39, 0.29) is 5.56 Å². The normalized spacial score (nSPS) is 13.6. The molecule has 0 spiro atoms. The van der Waals surface area contributed by atoms with Gasteiger partial charge in [0.2, 0.25) is 0 Å². The van der Waals surface area contributed by atoms with Crippen LogP contribution in [0.25, 0.3) is 10.4 Å². The molecule has 5 nitrogen and oxygen atoms in total. The average molecular weight is 353 g/mol. The lowest BCUT2D eigenvalue weighted by Crippen LogP contribution is -2.26. The van der Waals surface area contributed by atoms with E-state index >= 15 is 0 Å². The van der Waals surface area contributed by atoms with Gasteiger partial charge < -0.3 is 5.11 Å².